The highest BCUT2D eigenvalue weighted by Gasteiger charge is 2.48. The summed E-state index contributed by atoms with van der Waals surface area (Å²) in [5.74, 6) is 1.13. The second-order valence-corrected chi connectivity index (χ2v) is 11.9. The van der Waals surface area contributed by atoms with E-state index in [-0.39, 0.29) is 29.4 Å². The lowest BCUT2D eigenvalue weighted by atomic mass is 9.76. The number of benzene rings is 1. The molecule has 204 valence electrons. The molecule has 1 saturated heterocycles. The molecule has 0 aromatic heterocycles. The van der Waals surface area contributed by atoms with Gasteiger partial charge in [0.25, 0.3) is 0 Å². The summed E-state index contributed by atoms with van der Waals surface area (Å²) in [6.07, 6.45) is 18.7. The Hall–Kier alpha value is -2.67. The molecule has 1 fully saturated rings. The molecule has 5 rings (SSSR count). The van der Waals surface area contributed by atoms with Crippen molar-refractivity contribution in [3.05, 3.63) is 88.5 Å². The monoisotopic (exact) mass is 562 g/mol. The van der Waals surface area contributed by atoms with Gasteiger partial charge in [-0.3, -0.25) is 14.5 Å². The summed E-state index contributed by atoms with van der Waals surface area (Å²) in [5, 5.41) is 4.84. The van der Waals surface area contributed by atoms with Crippen molar-refractivity contribution in [2.24, 2.45) is 17.0 Å². The Morgan fingerprint density at radius 2 is 1.92 bits per heavy atom. The average Bonchev–Trinajstić information content (AvgIpc) is 3.29. The minimum Gasteiger partial charge on any atom is -0.399 e. The molecule has 0 saturated carbocycles. The predicted molar refractivity (Wildman–Crippen MR) is 159 cm³/mol. The first-order chi connectivity index (χ1) is 19.0. The quantitative estimate of drug-likeness (QED) is 0.179. The molecule has 3 aliphatic carbocycles. The Bertz CT molecular complexity index is 1290. The standard InChI is InChI=1S/C32H35ClN2O3S/c1-3-35-29-15-9-22(31(36)21-7-5-4-6-8-21)19-26(29)27-20-23(10-16-30(27)35)32(37)28(34-38-2)17-18-39-25-13-11-24(33)12-14-25/h5,7-9,11-15,19-20,26-27,29-30H,3-4,6,10,16-18H2,1-2H3/b34-28+. The van der Waals surface area contributed by atoms with Crippen molar-refractivity contribution in [1.82, 2.24) is 4.90 Å². The summed E-state index contributed by atoms with van der Waals surface area (Å²) in [5.41, 5.74) is 2.81. The first-order valence-electron chi connectivity index (χ1n) is 13.8. The number of hydrogen-bond acceptors (Lipinski definition) is 6. The van der Waals surface area contributed by atoms with Gasteiger partial charge in [-0.2, -0.15) is 0 Å². The second kappa shape index (κ2) is 12.7. The highest BCUT2D eigenvalue weighted by Crippen LogP contribution is 2.46. The molecular weight excluding hydrogens is 528 g/mol. The van der Waals surface area contributed by atoms with Gasteiger partial charge >= 0.3 is 0 Å². The number of oxime groups is 1. The van der Waals surface area contributed by atoms with Gasteiger partial charge in [0.2, 0.25) is 5.78 Å². The van der Waals surface area contributed by atoms with Gasteiger partial charge in [-0.1, -0.05) is 66.2 Å². The van der Waals surface area contributed by atoms with Crippen LogP contribution >= 0.6 is 23.4 Å². The van der Waals surface area contributed by atoms with Crippen molar-refractivity contribution in [2.45, 2.75) is 56.0 Å². The molecule has 4 aliphatic rings. The van der Waals surface area contributed by atoms with Crippen molar-refractivity contribution in [2.75, 3.05) is 19.4 Å². The molecule has 0 amide bonds. The fraction of sp³-hybridized carbons (Fsp3) is 0.406. The third kappa shape index (κ3) is 6.08. The van der Waals surface area contributed by atoms with Gasteiger partial charge in [-0.25, -0.2) is 0 Å². The topological polar surface area (TPSA) is 59.0 Å². The van der Waals surface area contributed by atoms with E-state index < -0.39 is 0 Å². The predicted octanol–water partition coefficient (Wildman–Crippen LogP) is 6.76. The number of carbonyl (C=O) groups is 2. The Kier molecular flexibility index (Phi) is 9.06. The fourth-order valence-corrected chi connectivity index (χ4v) is 7.27. The minimum atomic E-state index is -0.0253. The molecule has 39 heavy (non-hydrogen) atoms. The number of fused-ring (bicyclic) bond motifs is 3. The summed E-state index contributed by atoms with van der Waals surface area (Å²) in [7, 11) is 1.49. The molecule has 0 bridgehead atoms. The van der Waals surface area contributed by atoms with Crippen LogP contribution in [0.15, 0.2) is 93.6 Å². The molecule has 4 atom stereocenters. The number of likely N-dealkylation sites (N-methyl/N-ethyl adjacent to an activating group) is 1. The maximum absolute atomic E-state index is 13.6. The van der Waals surface area contributed by atoms with Crippen molar-refractivity contribution in [1.29, 1.82) is 0 Å². The SMILES string of the molecule is CCN1C2C=CC(C(=O)C3=CCCC=C3)=CC2C2C=C(C(=O)/C(CCSc3ccc(Cl)cc3)=N/OC)CCC21. The lowest BCUT2D eigenvalue weighted by Gasteiger charge is -2.31. The van der Waals surface area contributed by atoms with Gasteiger partial charge < -0.3 is 4.84 Å². The maximum Gasteiger partial charge on any atom is 0.206 e. The Morgan fingerprint density at radius 3 is 2.64 bits per heavy atom. The van der Waals surface area contributed by atoms with E-state index in [4.69, 9.17) is 16.4 Å². The number of ketones is 2. The minimum absolute atomic E-state index is 0.0253. The number of nitrogens with zero attached hydrogens (tertiary/aromatic N) is 2. The molecule has 7 heteroatoms. The van der Waals surface area contributed by atoms with Crippen molar-refractivity contribution in [3.63, 3.8) is 0 Å². The summed E-state index contributed by atoms with van der Waals surface area (Å²) >= 11 is 7.66. The molecule has 5 nitrogen and oxygen atoms in total. The van der Waals surface area contributed by atoms with Gasteiger partial charge in [0.05, 0.1) is 0 Å². The largest absolute Gasteiger partial charge is 0.399 e. The van der Waals surface area contributed by atoms with Crippen molar-refractivity contribution in [3.8, 4) is 0 Å². The van der Waals surface area contributed by atoms with Crippen LogP contribution in [0.4, 0.5) is 0 Å². The number of rotatable bonds is 10. The van der Waals surface area contributed by atoms with E-state index in [1.807, 2.05) is 42.5 Å². The molecule has 1 aromatic rings. The molecule has 4 unspecified atom stereocenters. The van der Waals surface area contributed by atoms with E-state index in [9.17, 15) is 9.59 Å². The maximum atomic E-state index is 13.6. The van der Waals surface area contributed by atoms with Gasteiger partial charge in [0.15, 0.2) is 5.78 Å². The van der Waals surface area contributed by atoms with E-state index in [1.54, 1.807) is 11.8 Å². The first-order valence-corrected chi connectivity index (χ1v) is 15.2. The number of halogens is 1. The molecular formula is C32H35ClN2O3S. The number of likely N-dealkylation sites (tertiary alicyclic amines) is 1. The normalized spacial score (nSPS) is 26.3. The number of allylic oxidation sites excluding steroid dienone is 7. The summed E-state index contributed by atoms with van der Waals surface area (Å²) in [6, 6.07) is 8.29. The van der Waals surface area contributed by atoms with Crippen LogP contribution < -0.4 is 0 Å². The lowest BCUT2D eigenvalue weighted by molar-refractivity contribution is -0.112. The number of Topliss-reactive ketones (excluding diaryl/α,β-unsaturated/α-hetero) is 2. The van der Waals surface area contributed by atoms with E-state index in [0.29, 0.717) is 28.9 Å². The number of thioether (sulfide) groups is 1. The van der Waals surface area contributed by atoms with Crippen molar-refractivity contribution < 1.29 is 14.4 Å². The van der Waals surface area contributed by atoms with Crippen LogP contribution in [-0.4, -0.2) is 53.7 Å². The Morgan fingerprint density at radius 1 is 1.10 bits per heavy atom. The summed E-state index contributed by atoms with van der Waals surface area (Å²) in [4.78, 5) is 35.6. The highest BCUT2D eigenvalue weighted by atomic mass is 35.5. The van der Waals surface area contributed by atoms with E-state index >= 15 is 0 Å². The molecule has 0 N–H and O–H groups in total. The fourth-order valence-electron chi connectivity index (χ4n) is 6.29. The molecule has 1 aromatic carbocycles. The van der Waals surface area contributed by atoms with E-state index in [0.717, 1.165) is 53.8 Å². The van der Waals surface area contributed by atoms with E-state index in [2.05, 4.69) is 41.3 Å². The van der Waals surface area contributed by atoms with Crippen LogP contribution in [0.3, 0.4) is 0 Å². The zero-order valence-corrected chi connectivity index (χ0v) is 24.1. The zero-order chi connectivity index (χ0) is 27.4. The van der Waals surface area contributed by atoms with Crippen molar-refractivity contribution >= 4 is 40.6 Å². The summed E-state index contributed by atoms with van der Waals surface area (Å²) in [6.45, 7) is 3.13. The Labute approximate surface area is 240 Å². The number of hydrogen-bond donors (Lipinski definition) is 0. The van der Waals surface area contributed by atoms with Gasteiger partial charge in [0, 0.05) is 57.2 Å². The lowest BCUT2D eigenvalue weighted by Crippen LogP contribution is -2.38. The van der Waals surface area contributed by atoms with Gasteiger partial charge in [-0.15, -0.1) is 11.8 Å². The van der Waals surface area contributed by atoms with Gasteiger partial charge in [0.1, 0.15) is 12.8 Å². The van der Waals surface area contributed by atoms with Crippen LogP contribution in [0.2, 0.25) is 5.02 Å². The third-order valence-electron chi connectivity index (χ3n) is 8.10. The molecule has 0 radical (unpaired) electrons. The van der Waals surface area contributed by atoms with E-state index in [1.165, 1.54) is 7.11 Å². The van der Waals surface area contributed by atoms with Crippen LogP contribution in [-0.2, 0) is 14.4 Å². The molecule has 0 spiro atoms. The van der Waals surface area contributed by atoms with Crippen LogP contribution in [0.5, 0.6) is 0 Å². The Balaban J connectivity index is 1.33. The van der Waals surface area contributed by atoms with Gasteiger partial charge in [-0.05, 0) is 62.1 Å². The number of carbonyl (C=O) groups excluding carboxylic acids is 2. The van der Waals surface area contributed by atoms with Crippen LogP contribution in [0.25, 0.3) is 0 Å². The zero-order valence-electron chi connectivity index (χ0n) is 22.5. The average molecular weight is 563 g/mol. The smallest absolute Gasteiger partial charge is 0.206 e. The van der Waals surface area contributed by atoms with Crippen LogP contribution in [0.1, 0.15) is 39.0 Å². The molecule has 1 heterocycles. The summed E-state index contributed by atoms with van der Waals surface area (Å²) < 4.78 is 0. The first kappa shape index (κ1) is 27.9. The molecule has 1 aliphatic heterocycles. The second-order valence-electron chi connectivity index (χ2n) is 10.3. The van der Waals surface area contributed by atoms with Crippen LogP contribution in [0, 0.1) is 11.8 Å². The third-order valence-corrected chi connectivity index (χ3v) is 9.37. The highest BCUT2D eigenvalue weighted by molar-refractivity contribution is 7.99.